The average Bonchev–Trinajstić information content (AvgIpc) is 2.81. The summed E-state index contributed by atoms with van der Waals surface area (Å²) in [5, 5.41) is 14.1. The monoisotopic (exact) mass is 298 g/mol. The number of hydrogen-bond acceptors (Lipinski definition) is 4. The topological polar surface area (TPSA) is 125 Å². The molecule has 0 aromatic rings. The molecule has 118 valence electrons. The molecule has 2 fully saturated rings. The summed E-state index contributed by atoms with van der Waals surface area (Å²) >= 11 is 0. The molecule has 3 atom stereocenters. The summed E-state index contributed by atoms with van der Waals surface area (Å²) in [6, 6.07) is -1.47. The molecule has 0 bridgehead atoms. The van der Waals surface area contributed by atoms with E-state index in [0.29, 0.717) is 6.04 Å². The highest BCUT2D eigenvalue weighted by atomic mass is 16.4. The van der Waals surface area contributed by atoms with Gasteiger partial charge in [0.2, 0.25) is 5.91 Å². The Morgan fingerprint density at radius 2 is 2.00 bits per heavy atom. The molecule has 8 nitrogen and oxygen atoms in total. The zero-order chi connectivity index (χ0) is 15.4. The van der Waals surface area contributed by atoms with Crippen LogP contribution in [0.15, 0.2) is 0 Å². The number of nitrogens with zero attached hydrogens (tertiary/aromatic N) is 1. The van der Waals surface area contributed by atoms with Crippen molar-refractivity contribution in [3.05, 3.63) is 0 Å². The van der Waals surface area contributed by atoms with Gasteiger partial charge in [0.15, 0.2) is 0 Å². The highest BCUT2D eigenvalue weighted by Gasteiger charge is 2.36. The molecule has 2 heterocycles. The standard InChI is InChI=1S/C13H22N4O4/c14-11(18)7-9(12(19)20)16-13(21)15-8-4-6-17-5-2-1-3-10(8)17/h8-10H,1-7H2,(H2,14,18)(H,19,20)(H2,15,16,21). The summed E-state index contributed by atoms with van der Waals surface area (Å²) in [5.74, 6) is -2.03. The van der Waals surface area contributed by atoms with E-state index in [-0.39, 0.29) is 6.04 Å². The number of hydrogen-bond donors (Lipinski definition) is 4. The number of nitrogens with two attached hydrogens (primary N) is 1. The largest absolute Gasteiger partial charge is 0.480 e. The first-order valence-corrected chi connectivity index (χ1v) is 7.29. The van der Waals surface area contributed by atoms with Gasteiger partial charge in [-0.1, -0.05) is 6.42 Å². The van der Waals surface area contributed by atoms with Crippen molar-refractivity contribution < 1.29 is 19.5 Å². The van der Waals surface area contributed by atoms with E-state index in [2.05, 4.69) is 15.5 Å². The third-order valence-corrected chi connectivity index (χ3v) is 4.18. The predicted octanol–water partition coefficient (Wildman–Crippen LogP) is -0.759. The van der Waals surface area contributed by atoms with Crippen molar-refractivity contribution in [2.75, 3.05) is 13.1 Å². The van der Waals surface area contributed by atoms with E-state index in [1.54, 1.807) is 0 Å². The molecule has 8 heteroatoms. The molecule has 0 aliphatic carbocycles. The van der Waals surface area contributed by atoms with Gasteiger partial charge in [-0.2, -0.15) is 0 Å². The first-order chi connectivity index (χ1) is 9.97. The van der Waals surface area contributed by atoms with Crippen molar-refractivity contribution in [2.24, 2.45) is 5.73 Å². The lowest BCUT2D eigenvalue weighted by atomic mass is 9.99. The minimum Gasteiger partial charge on any atom is -0.480 e. The van der Waals surface area contributed by atoms with Crippen LogP contribution in [0.1, 0.15) is 32.1 Å². The van der Waals surface area contributed by atoms with Gasteiger partial charge in [0.25, 0.3) is 0 Å². The fourth-order valence-corrected chi connectivity index (χ4v) is 3.19. The number of carboxylic acids is 1. The third-order valence-electron chi connectivity index (χ3n) is 4.18. The van der Waals surface area contributed by atoms with E-state index < -0.39 is 30.4 Å². The number of piperidine rings is 1. The number of urea groups is 1. The number of carbonyl (C=O) groups excluding carboxylic acids is 2. The Morgan fingerprint density at radius 3 is 2.67 bits per heavy atom. The van der Waals surface area contributed by atoms with Gasteiger partial charge in [-0.3, -0.25) is 9.69 Å². The Labute approximate surface area is 123 Å². The number of carbonyl (C=O) groups is 3. The second kappa shape index (κ2) is 6.75. The molecule has 2 aliphatic rings. The van der Waals surface area contributed by atoms with Gasteiger partial charge in [-0.05, 0) is 25.8 Å². The van der Waals surface area contributed by atoms with Crippen LogP contribution in [-0.2, 0) is 9.59 Å². The molecule has 21 heavy (non-hydrogen) atoms. The second-order valence-corrected chi connectivity index (χ2v) is 5.67. The van der Waals surface area contributed by atoms with Gasteiger partial charge in [0, 0.05) is 18.6 Å². The molecule has 2 aliphatic heterocycles. The second-order valence-electron chi connectivity index (χ2n) is 5.67. The summed E-state index contributed by atoms with van der Waals surface area (Å²) in [6.07, 6.45) is 3.85. The number of nitrogens with one attached hydrogen (secondary N) is 2. The highest BCUT2D eigenvalue weighted by Crippen LogP contribution is 2.26. The van der Waals surface area contributed by atoms with Crippen molar-refractivity contribution in [2.45, 2.75) is 50.2 Å². The lowest BCUT2D eigenvalue weighted by Gasteiger charge is -2.32. The fraction of sp³-hybridized carbons (Fsp3) is 0.769. The highest BCUT2D eigenvalue weighted by molar-refractivity contribution is 5.87. The van der Waals surface area contributed by atoms with Crippen LogP contribution in [0.25, 0.3) is 0 Å². The molecular formula is C13H22N4O4. The minimum absolute atomic E-state index is 0.0355. The maximum atomic E-state index is 11.9. The first-order valence-electron chi connectivity index (χ1n) is 7.29. The number of aliphatic carboxylic acids is 1. The van der Waals surface area contributed by atoms with Crippen molar-refractivity contribution >= 4 is 17.9 Å². The van der Waals surface area contributed by atoms with Gasteiger partial charge in [-0.15, -0.1) is 0 Å². The quantitative estimate of drug-likeness (QED) is 0.531. The Morgan fingerprint density at radius 1 is 1.24 bits per heavy atom. The van der Waals surface area contributed by atoms with Gasteiger partial charge in [0.05, 0.1) is 6.42 Å². The molecule has 0 aromatic carbocycles. The predicted molar refractivity (Wildman–Crippen MR) is 74.5 cm³/mol. The van der Waals surface area contributed by atoms with Crippen LogP contribution in [0.2, 0.25) is 0 Å². The van der Waals surface area contributed by atoms with Crippen LogP contribution in [0.5, 0.6) is 0 Å². The van der Waals surface area contributed by atoms with Crippen LogP contribution in [0, 0.1) is 0 Å². The lowest BCUT2D eigenvalue weighted by Crippen LogP contribution is -2.53. The zero-order valence-electron chi connectivity index (χ0n) is 11.9. The lowest BCUT2D eigenvalue weighted by molar-refractivity contribution is -0.140. The molecule has 2 rings (SSSR count). The Kier molecular flexibility index (Phi) is 5.00. The SMILES string of the molecule is NC(=O)CC(NC(=O)NC1CCN2CCCCC12)C(=O)O. The van der Waals surface area contributed by atoms with E-state index in [9.17, 15) is 14.4 Å². The maximum Gasteiger partial charge on any atom is 0.326 e. The van der Waals surface area contributed by atoms with Crippen LogP contribution in [-0.4, -0.2) is 59.1 Å². The minimum atomic E-state index is -1.29. The molecule has 0 saturated carbocycles. The Bertz CT molecular complexity index is 428. The Hall–Kier alpha value is -1.83. The number of primary amides is 1. The summed E-state index contributed by atoms with van der Waals surface area (Å²) < 4.78 is 0. The van der Waals surface area contributed by atoms with E-state index in [1.165, 1.54) is 6.42 Å². The number of fused-ring (bicyclic) bond motifs is 1. The molecule has 5 N–H and O–H groups in total. The van der Waals surface area contributed by atoms with E-state index in [4.69, 9.17) is 10.8 Å². The van der Waals surface area contributed by atoms with Gasteiger partial charge in [-0.25, -0.2) is 9.59 Å². The third kappa shape index (κ3) is 4.07. The van der Waals surface area contributed by atoms with Crippen molar-refractivity contribution in [1.82, 2.24) is 15.5 Å². The summed E-state index contributed by atoms with van der Waals surface area (Å²) in [4.78, 5) is 36.1. The number of amides is 3. The van der Waals surface area contributed by atoms with Crippen LogP contribution >= 0.6 is 0 Å². The van der Waals surface area contributed by atoms with E-state index in [0.717, 1.165) is 32.4 Å². The van der Waals surface area contributed by atoms with Crippen LogP contribution in [0.3, 0.4) is 0 Å². The van der Waals surface area contributed by atoms with Crippen LogP contribution < -0.4 is 16.4 Å². The molecule has 0 radical (unpaired) electrons. The molecule has 0 aromatic heterocycles. The zero-order valence-corrected chi connectivity index (χ0v) is 11.9. The summed E-state index contributed by atoms with van der Waals surface area (Å²) in [7, 11) is 0. The van der Waals surface area contributed by atoms with E-state index in [1.807, 2.05) is 0 Å². The summed E-state index contributed by atoms with van der Waals surface area (Å²) in [5.41, 5.74) is 4.98. The van der Waals surface area contributed by atoms with Crippen molar-refractivity contribution in [3.8, 4) is 0 Å². The van der Waals surface area contributed by atoms with Gasteiger partial charge >= 0.3 is 12.0 Å². The number of carboxylic acid groups (broad SMARTS) is 1. The molecule has 2 saturated heterocycles. The van der Waals surface area contributed by atoms with Crippen molar-refractivity contribution in [1.29, 1.82) is 0 Å². The van der Waals surface area contributed by atoms with Gasteiger partial charge in [0.1, 0.15) is 6.04 Å². The molecular weight excluding hydrogens is 276 g/mol. The van der Waals surface area contributed by atoms with Crippen LogP contribution in [0.4, 0.5) is 4.79 Å². The average molecular weight is 298 g/mol. The van der Waals surface area contributed by atoms with Crippen molar-refractivity contribution in [3.63, 3.8) is 0 Å². The van der Waals surface area contributed by atoms with Gasteiger partial charge < -0.3 is 21.5 Å². The number of rotatable bonds is 5. The molecule has 3 unspecified atom stereocenters. The molecule has 3 amide bonds. The Balaban J connectivity index is 1.86. The maximum absolute atomic E-state index is 11.9. The van der Waals surface area contributed by atoms with E-state index >= 15 is 0 Å². The summed E-state index contributed by atoms with van der Waals surface area (Å²) in [6.45, 7) is 2.02. The fourth-order valence-electron chi connectivity index (χ4n) is 3.19. The normalized spacial score (nSPS) is 26.7. The first kappa shape index (κ1) is 15.6. The smallest absolute Gasteiger partial charge is 0.326 e. The molecule has 0 spiro atoms.